The monoisotopic (exact) mass is 328 g/mol. The van der Waals surface area contributed by atoms with Crippen LogP contribution in [-0.2, 0) is 0 Å². The molecule has 0 heterocycles. The van der Waals surface area contributed by atoms with E-state index in [1.165, 1.54) is 0 Å². The summed E-state index contributed by atoms with van der Waals surface area (Å²) in [6, 6.07) is 19.7. The van der Waals surface area contributed by atoms with Gasteiger partial charge in [-0.15, -0.1) is 0 Å². The Morgan fingerprint density at radius 1 is 0.950 bits per heavy atom. The summed E-state index contributed by atoms with van der Waals surface area (Å²) in [5, 5.41) is 12.4. The first kappa shape index (κ1) is 13.2. The summed E-state index contributed by atoms with van der Waals surface area (Å²) in [7, 11) is 0. The molecule has 0 aliphatic rings. The van der Waals surface area contributed by atoms with Crippen molar-refractivity contribution in [1.29, 1.82) is 0 Å². The number of phenolic OH excluding ortho intramolecular Hbond substituents is 1. The lowest BCUT2D eigenvalue weighted by Crippen LogP contribution is -2.54. The van der Waals surface area contributed by atoms with E-state index in [9.17, 15) is 5.11 Å². The molecule has 1 unspecified atom stereocenters. The minimum atomic E-state index is -0.0999. The molecular weight excluding hydrogens is 314 g/mol. The highest BCUT2D eigenvalue weighted by Gasteiger charge is 2.18. The van der Waals surface area contributed by atoms with Gasteiger partial charge < -0.3 is 10.8 Å². The Labute approximate surface area is 126 Å². The zero-order valence-corrected chi connectivity index (χ0v) is 12.5. The summed E-state index contributed by atoms with van der Waals surface area (Å²) in [4.78, 5) is 0. The Morgan fingerprint density at radius 2 is 1.75 bits per heavy atom. The summed E-state index contributed by atoms with van der Waals surface area (Å²) >= 11 is 3.47. The molecule has 0 spiro atoms. The number of quaternary nitrogens is 1. The molecule has 3 heteroatoms. The lowest BCUT2D eigenvalue weighted by molar-refractivity contribution is -0.411. The fourth-order valence-corrected chi connectivity index (χ4v) is 2.87. The molecule has 0 fully saturated rings. The summed E-state index contributed by atoms with van der Waals surface area (Å²) in [6.45, 7) is 0. The normalized spacial score (nSPS) is 12.5. The molecule has 3 rings (SSSR count). The van der Waals surface area contributed by atoms with Crippen LogP contribution in [0.2, 0.25) is 0 Å². The first-order valence-corrected chi connectivity index (χ1v) is 7.25. The van der Waals surface area contributed by atoms with Crippen LogP contribution in [0.5, 0.6) is 5.75 Å². The lowest BCUT2D eigenvalue weighted by atomic mass is 9.96. The van der Waals surface area contributed by atoms with Crippen molar-refractivity contribution in [3.63, 3.8) is 0 Å². The maximum Gasteiger partial charge on any atom is 0.139 e. The Hall–Kier alpha value is -1.84. The highest BCUT2D eigenvalue weighted by atomic mass is 79.9. The molecule has 3 aromatic carbocycles. The standard InChI is InChI=1S/C17H14BrNO/c18-13-6-3-5-12(10-13)16(19)15-9-8-11-4-1-2-7-14(11)17(15)20/h1-10,16,20H,19H2/p+1. The molecule has 1 atom stereocenters. The molecule has 20 heavy (non-hydrogen) atoms. The van der Waals surface area contributed by atoms with Crippen LogP contribution < -0.4 is 5.73 Å². The maximum absolute atomic E-state index is 10.5. The van der Waals surface area contributed by atoms with Crippen LogP contribution in [0.1, 0.15) is 17.2 Å². The van der Waals surface area contributed by atoms with E-state index >= 15 is 0 Å². The van der Waals surface area contributed by atoms with Crippen LogP contribution in [0, 0.1) is 0 Å². The Balaban J connectivity index is 2.12. The van der Waals surface area contributed by atoms with Crippen molar-refractivity contribution in [2.24, 2.45) is 0 Å². The third-order valence-electron chi connectivity index (χ3n) is 3.56. The van der Waals surface area contributed by atoms with E-state index in [2.05, 4.69) is 21.7 Å². The van der Waals surface area contributed by atoms with Crippen molar-refractivity contribution in [1.82, 2.24) is 0 Å². The number of hydrogen-bond acceptors (Lipinski definition) is 1. The topological polar surface area (TPSA) is 47.9 Å². The number of hydrogen-bond donors (Lipinski definition) is 2. The van der Waals surface area contributed by atoms with E-state index in [-0.39, 0.29) is 6.04 Å². The van der Waals surface area contributed by atoms with Gasteiger partial charge in [-0.05, 0) is 23.6 Å². The second-order valence-corrected chi connectivity index (χ2v) is 5.75. The first-order chi connectivity index (χ1) is 9.66. The van der Waals surface area contributed by atoms with E-state index in [0.29, 0.717) is 5.75 Å². The summed E-state index contributed by atoms with van der Waals surface area (Å²) in [6.07, 6.45) is 0. The molecule has 0 radical (unpaired) electrons. The molecule has 2 nitrogen and oxygen atoms in total. The van der Waals surface area contributed by atoms with Gasteiger partial charge in [0.1, 0.15) is 11.8 Å². The number of phenols is 1. The molecule has 0 amide bonds. The zero-order valence-electron chi connectivity index (χ0n) is 10.9. The second-order valence-electron chi connectivity index (χ2n) is 4.83. The van der Waals surface area contributed by atoms with Crippen molar-refractivity contribution < 1.29 is 10.8 Å². The molecule has 0 aromatic heterocycles. The highest BCUT2D eigenvalue weighted by molar-refractivity contribution is 9.10. The molecule has 0 bridgehead atoms. The Kier molecular flexibility index (Phi) is 3.47. The van der Waals surface area contributed by atoms with E-state index in [1.54, 1.807) is 0 Å². The molecule has 100 valence electrons. The summed E-state index contributed by atoms with van der Waals surface area (Å²) < 4.78 is 1.02. The van der Waals surface area contributed by atoms with Gasteiger partial charge in [0.25, 0.3) is 0 Å². The van der Waals surface area contributed by atoms with Gasteiger partial charge in [-0.25, -0.2) is 0 Å². The fraction of sp³-hybridized carbons (Fsp3) is 0.0588. The summed E-state index contributed by atoms with van der Waals surface area (Å²) in [5.41, 5.74) is 6.13. The van der Waals surface area contributed by atoms with Crippen molar-refractivity contribution >= 4 is 26.7 Å². The van der Waals surface area contributed by atoms with E-state index in [0.717, 1.165) is 26.4 Å². The number of rotatable bonds is 2. The van der Waals surface area contributed by atoms with Crippen LogP contribution in [-0.4, -0.2) is 5.11 Å². The minimum Gasteiger partial charge on any atom is -0.507 e. The van der Waals surface area contributed by atoms with Gasteiger partial charge in [0.05, 0.1) is 5.56 Å². The third kappa shape index (κ3) is 2.30. The molecule has 0 aliphatic heterocycles. The van der Waals surface area contributed by atoms with Gasteiger partial charge in [-0.2, -0.15) is 0 Å². The number of aromatic hydroxyl groups is 1. The maximum atomic E-state index is 10.5. The fourth-order valence-electron chi connectivity index (χ4n) is 2.46. The number of benzene rings is 3. The number of fused-ring (bicyclic) bond motifs is 1. The average molecular weight is 329 g/mol. The van der Waals surface area contributed by atoms with Crippen molar-refractivity contribution in [2.75, 3.05) is 0 Å². The lowest BCUT2D eigenvalue weighted by Gasteiger charge is -2.13. The van der Waals surface area contributed by atoms with Gasteiger partial charge >= 0.3 is 0 Å². The van der Waals surface area contributed by atoms with Gasteiger partial charge in [0.15, 0.2) is 0 Å². The van der Waals surface area contributed by atoms with Crippen molar-refractivity contribution in [3.8, 4) is 5.75 Å². The molecule has 0 saturated heterocycles. The van der Waals surface area contributed by atoms with Crippen molar-refractivity contribution in [3.05, 3.63) is 76.3 Å². The molecule has 0 saturated carbocycles. The zero-order chi connectivity index (χ0) is 14.1. The highest BCUT2D eigenvalue weighted by Crippen LogP contribution is 2.33. The van der Waals surface area contributed by atoms with Crippen LogP contribution in [0.3, 0.4) is 0 Å². The number of halogens is 1. The second kappa shape index (κ2) is 5.27. The minimum absolute atomic E-state index is 0.0999. The van der Waals surface area contributed by atoms with Crippen molar-refractivity contribution in [2.45, 2.75) is 6.04 Å². The van der Waals surface area contributed by atoms with Crippen LogP contribution in [0.25, 0.3) is 10.8 Å². The Morgan fingerprint density at radius 3 is 2.55 bits per heavy atom. The van der Waals surface area contributed by atoms with Gasteiger partial charge in [-0.3, -0.25) is 0 Å². The van der Waals surface area contributed by atoms with Crippen LogP contribution >= 0.6 is 15.9 Å². The van der Waals surface area contributed by atoms with Gasteiger partial charge in [0.2, 0.25) is 0 Å². The third-order valence-corrected chi connectivity index (χ3v) is 4.05. The molecule has 3 aromatic rings. The van der Waals surface area contributed by atoms with E-state index in [4.69, 9.17) is 0 Å². The first-order valence-electron chi connectivity index (χ1n) is 6.46. The SMILES string of the molecule is [NH3+]C(c1cccc(Br)c1)c1ccc2ccccc2c1O. The average Bonchev–Trinajstić information content (AvgIpc) is 2.47. The quantitative estimate of drug-likeness (QED) is 0.741. The van der Waals surface area contributed by atoms with Gasteiger partial charge in [-0.1, -0.05) is 58.4 Å². The summed E-state index contributed by atoms with van der Waals surface area (Å²) in [5.74, 6) is 0.322. The van der Waals surface area contributed by atoms with E-state index < -0.39 is 0 Å². The van der Waals surface area contributed by atoms with Gasteiger partial charge in [0, 0.05) is 15.4 Å². The van der Waals surface area contributed by atoms with Crippen LogP contribution in [0.15, 0.2) is 65.1 Å². The van der Waals surface area contributed by atoms with E-state index in [1.807, 2.05) is 60.7 Å². The smallest absolute Gasteiger partial charge is 0.139 e. The van der Waals surface area contributed by atoms with Crippen LogP contribution in [0.4, 0.5) is 0 Å². The Bertz CT molecular complexity index is 770. The molecular formula is C17H15BrNO+. The predicted octanol–water partition coefficient (Wildman–Crippen LogP) is 3.64. The largest absolute Gasteiger partial charge is 0.507 e. The predicted molar refractivity (Wildman–Crippen MR) is 84.5 cm³/mol. The molecule has 4 N–H and O–H groups in total. The molecule has 0 aliphatic carbocycles.